The molecule has 158 valence electrons. The van der Waals surface area contributed by atoms with Crippen LogP contribution in [0.25, 0.3) is 0 Å². The third kappa shape index (κ3) is 6.38. The fraction of sp³-hybridized carbons (Fsp3) is 0.556. The average Bonchev–Trinajstić information content (AvgIpc) is 2.63. The Morgan fingerprint density at radius 2 is 1.68 bits per heavy atom. The van der Waals surface area contributed by atoms with Gasteiger partial charge in [0.15, 0.2) is 6.61 Å². The molecule has 0 atom stereocenters. The van der Waals surface area contributed by atoms with Crippen LogP contribution in [0.1, 0.15) is 27.7 Å². The SMILES string of the molecule is COc1ccc(OC)c(S(=O)(=O)NCC(=O)OCC(=O)N(C(C)C)C(C)C)c1. The summed E-state index contributed by atoms with van der Waals surface area (Å²) in [6.07, 6.45) is 0. The minimum Gasteiger partial charge on any atom is -0.497 e. The molecule has 1 amide bonds. The highest BCUT2D eigenvalue weighted by atomic mass is 32.2. The molecule has 0 aliphatic heterocycles. The number of carbonyl (C=O) groups excluding carboxylic acids is 2. The first-order valence-electron chi connectivity index (χ1n) is 8.72. The van der Waals surface area contributed by atoms with Gasteiger partial charge in [-0.2, -0.15) is 4.72 Å². The van der Waals surface area contributed by atoms with Gasteiger partial charge in [0.25, 0.3) is 5.91 Å². The van der Waals surface area contributed by atoms with E-state index in [1.54, 1.807) is 11.0 Å². The molecule has 0 heterocycles. The molecule has 0 saturated heterocycles. The van der Waals surface area contributed by atoms with Gasteiger partial charge in [0.1, 0.15) is 22.9 Å². The highest BCUT2D eigenvalue weighted by molar-refractivity contribution is 7.89. The standard InChI is InChI=1S/C18H28N2O7S/c1-12(2)20(13(3)4)17(21)11-27-18(22)10-19-28(23,24)16-9-14(25-5)7-8-15(16)26-6/h7-9,12-13,19H,10-11H2,1-6H3. The fourth-order valence-corrected chi connectivity index (χ4v) is 3.82. The van der Waals surface area contributed by atoms with Gasteiger partial charge < -0.3 is 19.1 Å². The smallest absolute Gasteiger partial charge is 0.321 e. The molecule has 0 fully saturated rings. The van der Waals surface area contributed by atoms with E-state index in [1.165, 1.54) is 26.4 Å². The van der Waals surface area contributed by atoms with E-state index in [2.05, 4.69) is 4.72 Å². The van der Waals surface area contributed by atoms with Gasteiger partial charge >= 0.3 is 5.97 Å². The molecule has 0 aliphatic carbocycles. The fourth-order valence-electron chi connectivity index (χ4n) is 2.67. The van der Waals surface area contributed by atoms with E-state index in [4.69, 9.17) is 14.2 Å². The Kier molecular flexibility index (Phi) is 8.70. The van der Waals surface area contributed by atoms with Gasteiger partial charge in [-0.25, -0.2) is 8.42 Å². The van der Waals surface area contributed by atoms with Crippen molar-refractivity contribution in [2.75, 3.05) is 27.4 Å². The summed E-state index contributed by atoms with van der Waals surface area (Å²) in [6, 6.07) is 4.17. The van der Waals surface area contributed by atoms with E-state index < -0.39 is 29.1 Å². The summed E-state index contributed by atoms with van der Waals surface area (Å²) in [5.74, 6) is -0.805. The second-order valence-electron chi connectivity index (χ2n) is 6.49. The van der Waals surface area contributed by atoms with Crippen LogP contribution < -0.4 is 14.2 Å². The van der Waals surface area contributed by atoms with Crippen LogP contribution in [0.5, 0.6) is 11.5 Å². The first-order valence-corrected chi connectivity index (χ1v) is 10.2. The normalized spacial score (nSPS) is 11.4. The molecule has 1 aromatic rings. The van der Waals surface area contributed by atoms with Crippen molar-refractivity contribution in [3.8, 4) is 11.5 Å². The Bertz CT molecular complexity index is 783. The van der Waals surface area contributed by atoms with E-state index in [-0.39, 0.29) is 28.6 Å². The number of hydrogen-bond donors (Lipinski definition) is 1. The molecule has 0 spiro atoms. The minimum absolute atomic E-state index is 0.0507. The number of nitrogens with zero attached hydrogens (tertiary/aromatic N) is 1. The van der Waals surface area contributed by atoms with Gasteiger partial charge in [-0.3, -0.25) is 9.59 Å². The Labute approximate surface area is 166 Å². The summed E-state index contributed by atoms with van der Waals surface area (Å²) >= 11 is 0. The molecular weight excluding hydrogens is 388 g/mol. The lowest BCUT2D eigenvalue weighted by Gasteiger charge is -2.30. The quantitative estimate of drug-likeness (QED) is 0.570. The number of sulfonamides is 1. The number of nitrogens with one attached hydrogen (secondary N) is 1. The largest absolute Gasteiger partial charge is 0.497 e. The minimum atomic E-state index is -4.06. The Balaban J connectivity index is 2.73. The summed E-state index contributed by atoms with van der Waals surface area (Å²) in [6.45, 7) is 6.34. The van der Waals surface area contributed by atoms with E-state index in [0.29, 0.717) is 5.75 Å². The maximum Gasteiger partial charge on any atom is 0.321 e. The van der Waals surface area contributed by atoms with Crippen LogP contribution in [-0.2, 0) is 24.3 Å². The zero-order chi connectivity index (χ0) is 21.5. The molecule has 0 radical (unpaired) electrons. The number of amides is 1. The van der Waals surface area contributed by atoms with Gasteiger partial charge in [0.05, 0.1) is 14.2 Å². The molecule has 9 nitrogen and oxygen atoms in total. The maximum atomic E-state index is 12.5. The molecule has 0 unspecified atom stereocenters. The Morgan fingerprint density at radius 1 is 1.07 bits per heavy atom. The number of hydrogen-bond acceptors (Lipinski definition) is 7. The summed E-state index contributed by atoms with van der Waals surface area (Å²) in [4.78, 5) is 25.5. The highest BCUT2D eigenvalue weighted by Crippen LogP contribution is 2.27. The Hall–Kier alpha value is -2.33. The zero-order valence-electron chi connectivity index (χ0n) is 17.0. The van der Waals surface area contributed by atoms with Gasteiger partial charge in [-0.1, -0.05) is 0 Å². The number of ether oxygens (including phenoxy) is 3. The predicted molar refractivity (Wildman–Crippen MR) is 103 cm³/mol. The molecular formula is C18H28N2O7S. The molecule has 1 aromatic carbocycles. The number of carbonyl (C=O) groups is 2. The number of benzene rings is 1. The van der Waals surface area contributed by atoms with Crippen molar-refractivity contribution in [1.82, 2.24) is 9.62 Å². The Morgan fingerprint density at radius 3 is 2.18 bits per heavy atom. The van der Waals surface area contributed by atoms with E-state index >= 15 is 0 Å². The monoisotopic (exact) mass is 416 g/mol. The van der Waals surface area contributed by atoms with Crippen molar-refractivity contribution < 1.29 is 32.2 Å². The van der Waals surface area contributed by atoms with Crippen molar-refractivity contribution >= 4 is 21.9 Å². The molecule has 0 aromatic heterocycles. The molecule has 1 rings (SSSR count). The van der Waals surface area contributed by atoms with E-state index in [9.17, 15) is 18.0 Å². The second-order valence-corrected chi connectivity index (χ2v) is 8.23. The van der Waals surface area contributed by atoms with Gasteiger partial charge in [-0.05, 0) is 39.8 Å². The third-order valence-corrected chi connectivity index (χ3v) is 5.25. The van der Waals surface area contributed by atoms with Crippen LogP contribution in [0.3, 0.4) is 0 Å². The van der Waals surface area contributed by atoms with Crippen molar-refractivity contribution in [1.29, 1.82) is 0 Å². The van der Waals surface area contributed by atoms with Crippen LogP contribution in [0.15, 0.2) is 23.1 Å². The number of methoxy groups -OCH3 is 2. The molecule has 0 bridgehead atoms. The predicted octanol–water partition coefficient (Wildman–Crippen LogP) is 1.17. The van der Waals surface area contributed by atoms with Crippen molar-refractivity contribution in [2.45, 2.75) is 44.7 Å². The summed E-state index contributed by atoms with van der Waals surface area (Å²) < 4.78 is 42.1. The highest BCUT2D eigenvalue weighted by Gasteiger charge is 2.24. The second kappa shape index (κ2) is 10.3. The van der Waals surface area contributed by atoms with Gasteiger partial charge in [0.2, 0.25) is 10.0 Å². The molecule has 1 N–H and O–H groups in total. The lowest BCUT2D eigenvalue weighted by molar-refractivity contribution is -0.152. The maximum absolute atomic E-state index is 12.5. The third-order valence-electron chi connectivity index (χ3n) is 3.82. The van der Waals surface area contributed by atoms with Crippen molar-refractivity contribution in [3.63, 3.8) is 0 Å². The molecule has 0 saturated carbocycles. The zero-order valence-corrected chi connectivity index (χ0v) is 17.8. The average molecular weight is 416 g/mol. The van der Waals surface area contributed by atoms with Crippen LogP contribution in [0.2, 0.25) is 0 Å². The first kappa shape index (κ1) is 23.7. The molecule has 10 heteroatoms. The number of rotatable bonds is 10. The lowest BCUT2D eigenvalue weighted by atomic mass is 10.2. The van der Waals surface area contributed by atoms with Gasteiger partial charge in [0, 0.05) is 18.2 Å². The molecule has 28 heavy (non-hydrogen) atoms. The van der Waals surface area contributed by atoms with Crippen LogP contribution in [0, 0.1) is 0 Å². The van der Waals surface area contributed by atoms with E-state index in [1.807, 2.05) is 27.7 Å². The van der Waals surface area contributed by atoms with Crippen molar-refractivity contribution in [2.24, 2.45) is 0 Å². The topological polar surface area (TPSA) is 111 Å². The summed E-state index contributed by atoms with van der Waals surface area (Å²) in [5.41, 5.74) is 0. The number of esters is 1. The van der Waals surface area contributed by atoms with Crippen LogP contribution in [0.4, 0.5) is 0 Å². The van der Waals surface area contributed by atoms with Crippen LogP contribution >= 0.6 is 0 Å². The lowest BCUT2D eigenvalue weighted by Crippen LogP contribution is -2.44. The van der Waals surface area contributed by atoms with Crippen LogP contribution in [-0.4, -0.2) is 64.6 Å². The van der Waals surface area contributed by atoms with Crippen molar-refractivity contribution in [3.05, 3.63) is 18.2 Å². The summed E-state index contributed by atoms with van der Waals surface area (Å²) in [5, 5.41) is 0. The van der Waals surface area contributed by atoms with Gasteiger partial charge in [-0.15, -0.1) is 0 Å². The first-order chi connectivity index (χ1) is 13.0. The summed E-state index contributed by atoms with van der Waals surface area (Å²) in [7, 11) is -1.33. The van der Waals surface area contributed by atoms with E-state index in [0.717, 1.165) is 0 Å². The molecule has 0 aliphatic rings.